The van der Waals surface area contributed by atoms with Crippen molar-refractivity contribution in [3.05, 3.63) is 52.7 Å². The number of hydrogen-bond donors (Lipinski definition) is 2. The first-order valence-corrected chi connectivity index (χ1v) is 7.47. The molecular formula is C18H21N3O2. The fourth-order valence-electron chi connectivity index (χ4n) is 2.49. The van der Waals surface area contributed by atoms with Gasteiger partial charge >= 0.3 is 0 Å². The Balaban J connectivity index is 2.30. The lowest BCUT2D eigenvalue weighted by atomic mass is 10.0. The summed E-state index contributed by atoms with van der Waals surface area (Å²) in [7, 11) is 1.56. The van der Waals surface area contributed by atoms with E-state index >= 15 is 0 Å². The number of aromatic nitrogens is 1. The molecule has 0 atom stereocenters. The lowest BCUT2D eigenvalue weighted by Crippen LogP contribution is -2.24. The van der Waals surface area contributed by atoms with Crippen LogP contribution in [0.15, 0.2) is 30.4 Å². The molecule has 0 aliphatic heterocycles. The fraction of sp³-hybridized carbons (Fsp3) is 0.278. The van der Waals surface area contributed by atoms with Crippen LogP contribution in [0.5, 0.6) is 0 Å². The molecule has 0 aliphatic rings. The summed E-state index contributed by atoms with van der Waals surface area (Å²) in [6, 6.07) is 5.83. The van der Waals surface area contributed by atoms with Crippen LogP contribution in [-0.4, -0.2) is 30.4 Å². The number of likely N-dealkylation sites (N-methyl/N-ethyl adjacent to an activating group) is 1. The van der Waals surface area contributed by atoms with Crippen molar-refractivity contribution in [3.8, 4) is 0 Å². The zero-order valence-electron chi connectivity index (χ0n) is 13.9. The summed E-state index contributed by atoms with van der Waals surface area (Å²) in [4.78, 5) is 28.1. The summed E-state index contributed by atoms with van der Waals surface area (Å²) >= 11 is 0. The highest BCUT2D eigenvalue weighted by Gasteiger charge is 2.13. The second kappa shape index (κ2) is 7.05. The number of rotatable bonds is 4. The zero-order valence-corrected chi connectivity index (χ0v) is 13.9. The fourth-order valence-corrected chi connectivity index (χ4v) is 2.49. The number of carbonyl (C=O) groups excluding carboxylic acids is 2. The van der Waals surface area contributed by atoms with E-state index in [4.69, 9.17) is 0 Å². The highest BCUT2D eigenvalue weighted by Crippen LogP contribution is 2.23. The van der Waals surface area contributed by atoms with Crippen molar-refractivity contribution < 1.29 is 9.59 Å². The molecule has 5 nitrogen and oxygen atoms in total. The Labute approximate surface area is 135 Å². The quantitative estimate of drug-likeness (QED) is 0.850. The van der Waals surface area contributed by atoms with E-state index in [1.54, 1.807) is 19.2 Å². The number of amides is 2. The van der Waals surface area contributed by atoms with Gasteiger partial charge in [-0.3, -0.25) is 14.6 Å². The van der Waals surface area contributed by atoms with E-state index in [1.807, 2.05) is 26.8 Å². The number of nitrogens with zero attached hydrogens (tertiary/aromatic N) is 1. The van der Waals surface area contributed by atoms with Gasteiger partial charge in [0.05, 0.1) is 11.1 Å². The third-order valence-corrected chi connectivity index (χ3v) is 3.52. The third kappa shape index (κ3) is 3.94. The average Bonchev–Trinajstić information content (AvgIpc) is 2.51. The van der Waals surface area contributed by atoms with Gasteiger partial charge in [-0.15, -0.1) is 0 Å². The molecule has 1 heterocycles. The number of fused-ring (bicyclic) bond motifs is 1. The summed E-state index contributed by atoms with van der Waals surface area (Å²) in [6.07, 6.45) is 3.01. The van der Waals surface area contributed by atoms with Crippen molar-refractivity contribution in [3.63, 3.8) is 0 Å². The van der Waals surface area contributed by atoms with Gasteiger partial charge in [-0.1, -0.05) is 17.7 Å². The predicted molar refractivity (Wildman–Crippen MR) is 91.5 cm³/mol. The molecule has 5 heteroatoms. The molecule has 2 rings (SSSR count). The molecule has 1 aromatic heterocycles. The minimum absolute atomic E-state index is 0.174. The lowest BCUT2D eigenvalue weighted by molar-refractivity contribution is -0.116. The van der Waals surface area contributed by atoms with Gasteiger partial charge in [-0.25, -0.2) is 0 Å². The Hall–Kier alpha value is -2.69. The Bertz CT molecular complexity index is 794. The average molecular weight is 311 g/mol. The Kier molecular flexibility index (Phi) is 5.11. The van der Waals surface area contributed by atoms with E-state index in [1.165, 1.54) is 6.08 Å². The molecular weight excluding hydrogens is 290 g/mol. The van der Waals surface area contributed by atoms with Crippen molar-refractivity contribution in [2.24, 2.45) is 0 Å². The first-order chi connectivity index (χ1) is 10.9. The number of benzene rings is 1. The first kappa shape index (κ1) is 16.7. The number of nitrogens with one attached hydrogen (secondary N) is 2. The highest BCUT2D eigenvalue weighted by molar-refractivity contribution is 6.07. The van der Waals surface area contributed by atoms with E-state index in [2.05, 4.69) is 21.7 Å². The number of aryl methyl sites for hydroxylation is 3. The Morgan fingerprint density at radius 2 is 1.91 bits per heavy atom. The van der Waals surface area contributed by atoms with Gasteiger partial charge in [0.1, 0.15) is 0 Å². The van der Waals surface area contributed by atoms with Crippen LogP contribution in [-0.2, 0) is 4.79 Å². The van der Waals surface area contributed by atoms with Gasteiger partial charge in [0, 0.05) is 30.7 Å². The largest absolute Gasteiger partial charge is 0.356 e. The molecule has 2 aromatic rings. The van der Waals surface area contributed by atoms with Gasteiger partial charge < -0.3 is 10.6 Å². The van der Waals surface area contributed by atoms with Crippen LogP contribution in [0.4, 0.5) is 0 Å². The van der Waals surface area contributed by atoms with Crippen LogP contribution < -0.4 is 10.6 Å². The maximum absolute atomic E-state index is 12.5. The zero-order chi connectivity index (χ0) is 17.0. The smallest absolute Gasteiger partial charge is 0.252 e. The molecule has 0 saturated heterocycles. The Morgan fingerprint density at radius 1 is 1.17 bits per heavy atom. The van der Waals surface area contributed by atoms with E-state index < -0.39 is 0 Å². The van der Waals surface area contributed by atoms with Crippen LogP contribution in [0.3, 0.4) is 0 Å². The first-order valence-electron chi connectivity index (χ1n) is 7.47. The molecule has 0 spiro atoms. The topological polar surface area (TPSA) is 71.1 Å². The van der Waals surface area contributed by atoms with Gasteiger partial charge in [0.2, 0.25) is 5.91 Å². The molecule has 120 valence electrons. The van der Waals surface area contributed by atoms with Crippen LogP contribution in [0.1, 0.15) is 27.2 Å². The molecule has 0 fully saturated rings. The second-order valence-electron chi connectivity index (χ2n) is 5.52. The van der Waals surface area contributed by atoms with Crippen LogP contribution in [0.2, 0.25) is 0 Å². The minimum Gasteiger partial charge on any atom is -0.356 e. The second-order valence-corrected chi connectivity index (χ2v) is 5.52. The maximum atomic E-state index is 12.5. The summed E-state index contributed by atoms with van der Waals surface area (Å²) in [6.45, 7) is 6.16. The van der Waals surface area contributed by atoms with Crippen molar-refractivity contribution in [2.45, 2.75) is 20.8 Å². The molecule has 2 N–H and O–H groups in total. The molecule has 0 bridgehead atoms. The van der Waals surface area contributed by atoms with E-state index in [0.29, 0.717) is 12.1 Å². The maximum Gasteiger partial charge on any atom is 0.252 e. The van der Waals surface area contributed by atoms with Crippen molar-refractivity contribution in [1.82, 2.24) is 15.6 Å². The summed E-state index contributed by atoms with van der Waals surface area (Å²) in [5.74, 6) is -0.372. The van der Waals surface area contributed by atoms with Crippen LogP contribution in [0.25, 0.3) is 10.9 Å². The van der Waals surface area contributed by atoms with Gasteiger partial charge in [0.25, 0.3) is 5.91 Å². The van der Waals surface area contributed by atoms with Gasteiger partial charge in [-0.2, -0.15) is 0 Å². The molecule has 23 heavy (non-hydrogen) atoms. The monoisotopic (exact) mass is 311 g/mol. The van der Waals surface area contributed by atoms with Crippen molar-refractivity contribution in [1.29, 1.82) is 0 Å². The minimum atomic E-state index is -0.198. The van der Waals surface area contributed by atoms with E-state index in [0.717, 1.165) is 27.7 Å². The summed E-state index contributed by atoms with van der Waals surface area (Å²) in [5, 5.41) is 6.13. The van der Waals surface area contributed by atoms with Crippen LogP contribution in [0, 0.1) is 20.8 Å². The van der Waals surface area contributed by atoms with Crippen LogP contribution >= 0.6 is 0 Å². The normalized spacial score (nSPS) is 11.0. The lowest BCUT2D eigenvalue weighted by Gasteiger charge is -2.10. The van der Waals surface area contributed by atoms with E-state index in [9.17, 15) is 9.59 Å². The highest BCUT2D eigenvalue weighted by atomic mass is 16.2. The molecule has 0 saturated carbocycles. The number of pyridine rings is 1. The molecule has 0 aliphatic carbocycles. The molecule has 0 unspecified atom stereocenters. The molecule has 0 radical (unpaired) electrons. The Morgan fingerprint density at radius 3 is 2.61 bits per heavy atom. The summed E-state index contributed by atoms with van der Waals surface area (Å²) < 4.78 is 0. The predicted octanol–water partition coefficient (Wildman–Crippen LogP) is 2.19. The van der Waals surface area contributed by atoms with Crippen molar-refractivity contribution >= 4 is 22.7 Å². The number of hydrogen-bond acceptors (Lipinski definition) is 3. The molecule has 1 aromatic carbocycles. The van der Waals surface area contributed by atoms with Gasteiger partial charge in [0.15, 0.2) is 0 Å². The number of carbonyl (C=O) groups is 2. The standard InChI is InChI=1S/C18H21N3O2/c1-11-8-12(2)17-14(9-11)15(10-13(3)21-17)18(23)20-7-5-6-16(22)19-4/h5-6,8-10H,7H2,1-4H3,(H,19,22)(H,20,23). The van der Waals surface area contributed by atoms with Crippen molar-refractivity contribution in [2.75, 3.05) is 13.6 Å². The SMILES string of the molecule is CNC(=O)C=CCNC(=O)c1cc(C)nc2c(C)cc(C)cc12. The molecule has 2 amide bonds. The summed E-state index contributed by atoms with van der Waals surface area (Å²) in [5.41, 5.74) is 4.40. The van der Waals surface area contributed by atoms with Gasteiger partial charge in [-0.05, 0) is 38.5 Å². The van der Waals surface area contributed by atoms with E-state index in [-0.39, 0.29) is 11.8 Å². The third-order valence-electron chi connectivity index (χ3n) is 3.52.